The van der Waals surface area contributed by atoms with Gasteiger partial charge in [-0.15, -0.1) is 0 Å². The lowest BCUT2D eigenvalue weighted by molar-refractivity contribution is -0.130. The molecule has 4 aromatic rings. The summed E-state index contributed by atoms with van der Waals surface area (Å²) in [6, 6.07) is 23.8. The molecule has 2 aliphatic heterocycles. The molecule has 37 heavy (non-hydrogen) atoms. The summed E-state index contributed by atoms with van der Waals surface area (Å²) in [7, 11) is 1.97. The van der Waals surface area contributed by atoms with E-state index in [4.69, 9.17) is 16.6 Å². The van der Waals surface area contributed by atoms with Gasteiger partial charge in [0.15, 0.2) is 5.78 Å². The summed E-state index contributed by atoms with van der Waals surface area (Å²) in [4.78, 5) is 36.2. The van der Waals surface area contributed by atoms with E-state index in [9.17, 15) is 4.79 Å². The summed E-state index contributed by atoms with van der Waals surface area (Å²) in [5.41, 5.74) is 3.86. The van der Waals surface area contributed by atoms with Gasteiger partial charge in [-0.25, -0.2) is 0 Å². The molecule has 5 nitrogen and oxygen atoms in total. The molecule has 1 N–H and O–H groups in total. The van der Waals surface area contributed by atoms with Crippen LogP contribution in [0.5, 0.6) is 0 Å². The summed E-state index contributed by atoms with van der Waals surface area (Å²) in [5, 5.41) is 4.59. The van der Waals surface area contributed by atoms with Crippen molar-refractivity contribution >= 4 is 39.9 Å². The smallest absolute Gasteiger partial charge is 0.250 e. The molecule has 0 bridgehead atoms. The van der Waals surface area contributed by atoms with Gasteiger partial charge in [0.25, 0.3) is 5.91 Å². The van der Waals surface area contributed by atoms with Crippen LogP contribution in [0.15, 0.2) is 72.8 Å². The maximum Gasteiger partial charge on any atom is 0.250 e. The molecule has 1 fully saturated rings. The number of rotatable bonds is 1. The maximum atomic E-state index is 15.0. The lowest BCUT2D eigenvalue weighted by Crippen LogP contribution is -2.60. The van der Waals surface area contributed by atoms with Gasteiger partial charge in [0.05, 0.1) is 16.6 Å². The number of likely N-dealkylation sites (N-methyl/N-ethyl adjacent to an activating group) is 1. The highest BCUT2D eigenvalue weighted by Gasteiger charge is 2.74. The quantitative estimate of drug-likeness (QED) is 0.349. The average Bonchev–Trinajstić information content (AvgIpc) is 3.34. The summed E-state index contributed by atoms with van der Waals surface area (Å²) in [6.07, 6.45) is 1.14. The van der Waals surface area contributed by atoms with E-state index in [0.717, 1.165) is 39.0 Å². The number of carbonyl (C=O) groups excluding carboxylic acids is 2. The van der Waals surface area contributed by atoms with E-state index < -0.39 is 11.0 Å². The van der Waals surface area contributed by atoms with E-state index in [0.29, 0.717) is 30.0 Å². The van der Waals surface area contributed by atoms with Crippen LogP contribution in [-0.4, -0.2) is 35.2 Å². The summed E-state index contributed by atoms with van der Waals surface area (Å²) < 4.78 is 0. The largest absolute Gasteiger partial charge is 0.324 e. The monoisotopic (exact) mass is 507 g/mol. The number of aryl methyl sites for hydroxylation is 2. The van der Waals surface area contributed by atoms with Crippen molar-refractivity contribution < 1.29 is 9.59 Å². The Labute approximate surface area is 220 Å². The Bertz CT molecular complexity index is 1630. The lowest BCUT2D eigenvalue weighted by atomic mass is 9.54. The van der Waals surface area contributed by atoms with Crippen LogP contribution in [0.4, 0.5) is 5.69 Å². The molecule has 0 radical (unpaired) electrons. The van der Waals surface area contributed by atoms with E-state index in [1.54, 1.807) is 6.07 Å². The van der Waals surface area contributed by atoms with Crippen LogP contribution in [0.3, 0.4) is 0 Å². The molecule has 0 unspecified atom stereocenters. The van der Waals surface area contributed by atoms with Gasteiger partial charge in [-0.05, 0) is 62.7 Å². The molecule has 1 aliphatic carbocycles. The van der Waals surface area contributed by atoms with Gasteiger partial charge >= 0.3 is 0 Å². The van der Waals surface area contributed by atoms with Gasteiger partial charge < -0.3 is 5.32 Å². The zero-order valence-corrected chi connectivity index (χ0v) is 21.5. The first-order valence-corrected chi connectivity index (χ1v) is 13.1. The van der Waals surface area contributed by atoms with Gasteiger partial charge in [-0.3, -0.25) is 19.5 Å². The van der Waals surface area contributed by atoms with Gasteiger partial charge in [-0.2, -0.15) is 0 Å². The molecular weight excluding hydrogens is 482 g/mol. The zero-order valence-electron chi connectivity index (χ0n) is 20.7. The van der Waals surface area contributed by atoms with Crippen LogP contribution in [-0.2, 0) is 16.8 Å². The number of benzene rings is 3. The van der Waals surface area contributed by atoms with Crippen molar-refractivity contribution in [1.29, 1.82) is 0 Å². The van der Waals surface area contributed by atoms with Gasteiger partial charge in [-0.1, -0.05) is 59.6 Å². The van der Waals surface area contributed by atoms with Crippen LogP contribution in [0, 0.1) is 12.3 Å². The molecule has 6 heteroatoms. The Morgan fingerprint density at radius 1 is 1.03 bits per heavy atom. The minimum atomic E-state index is -1.18. The Hall–Kier alpha value is -3.54. The standard InChI is InChI=1S/C31H26ClN3O2/c1-18-7-9-19(10-8-18)24-17-35(2)31(23-16-21(32)11-12-27(23)34-29(31)37)30(24)14-13-26-22(28(30)36)15-20-5-3-4-6-25(20)33-26/h3-12,15-16,24H,13-14,17H2,1-2H3,(H,34,37)/t24-,30+,31+/m1/s1. The van der Waals surface area contributed by atoms with Crippen molar-refractivity contribution in [1.82, 2.24) is 9.88 Å². The molecule has 1 amide bonds. The van der Waals surface area contributed by atoms with Crippen molar-refractivity contribution in [3.8, 4) is 0 Å². The minimum absolute atomic E-state index is 0.00935. The Kier molecular flexibility index (Phi) is 4.73. The topological polar surface area (TPSA) is 62.3 Å². The number of carbonyl (C=O) groups is 2. The van der Waals surface area contributed by atoms with Crippen molar-refractivity contribution in [3.05, 3.63) is 106 Å². The summed E-state index contributed by atoms with van der Waals surface area (Å²) >= 11 is 6.51. The van der Waals surface area contributed by atoms with Gasteiger partial charge in [0.2, 0.25) is 0 Å². The number of anilines is 1. The van der Waals surface area contributed by atoms with Crippen molar-refractivity contribution in [3.63, 3.8) is 0 Å². The molecular formula is C31H26ClN3O2. The molecule has 2 spiro atoms. The highest BCUT2D eigenvalue weighted by Crippen LogP contribution is 2.66. The second-order valence-corrected chi connectivity index (χ2v) is 11.1. The number of ketones is 1. The molecule has 3 atom stereocenters. The van der Waals surface area contributed by atoms with E-state index >= 15 is 4.79 Å². The number of fused-ring (bicyclic) bond motifs is 5. The first-order chi connectivity index (χ1) is 17.9. The van der Waals surface area contributed by atoms with Gasteiger partial charge in [0.1, 0.15) is 5.54 Å². The molecule has 1 saturated heterocycles. The predicted molar refractivity (Wildman–Crippen MR) is 145 cm³/mol. The molecule has 3 aromatic carbocycles. The van der Waals surface area contributed by atoms with Crippen LogP contribution in [0.25, 0.3) is 10.9 Å². The number of hydrogen-bond acceptors (Lipinski definition) is 4. The number of hydrogen-bond donors (Lipinski definition) is 1. The number of nitrogens with zero attached hydrogens (tertiary/aromatic N) is 2. The Balaban J connectivity index is 1.53. The SMILES string of the molecule is Cc1ccc([C@H]2CN(C)[C@@]3(C(=O)Nc4ccc(Cl)cc43)[C@@]23CCc2nc4ccccc4cc2C3=O)cc1. The van der Waals surface area contributed by atoms with Crippen molar-refractivity contribution in [2.24, 2.45) is 5.41 Å². The number of amides is 1. The van der Waals surface area contributed by atoms with Crippen LogP contribution >= 0.6 is 11.6 Å². The van der Waals surface area contributed by atoms with Crippen molar-refractivity contribution in [2.75, 3.05) is 18.9 Å². The van der Waals surface area contributed by atoms with Crippen LogP contribution in [0.1, 0.15) is 45.1 Å². The van der Waals surface area contributed by atoms with Crippen LogP contribution < -0.4 is 5.32 Å². The highest BCUT2D eigenvalue weighted by molar-refractivity contribution is 6.31. The summed E-state index contributed by atoms with van der Waals surface area (Å²) in [6.45, 7) is 2.63. The minimum Gasteiger partial charge on any atom is -0.324 e. The third-order valence-corrected chi connectivity index (χ3v) is 9.14. The molecule has 3 aliphatic rings. The lowest BCUT2D eigenvalue weighted by Gasteiger charge is -2.48. The predicted octanol–water partition coefficient (Wildman–Crippen LogP) is 5.89. The van der Waals surface area contributed by atoms with Gasteiger partial charge in [0, 0.05) is 39.7 Å². The van der Waals surface area contributed by atoms with E-state index in [1.165, 1.54) is 0 Å². The van der Waals surface area contributed by atoms with E-state index in [2.05, 4.69) is 41.4 Å². The van der Waals surface area contributed by atoms with Crippen molar-refractivity contribution in [2.45, 2.75) is 31.2 Å². The molecule has 184 valence electrons. The average molecular weight is 508 g/mol. The number of aromatic nitrogens is 1. The number of nitrogens with one attached hydrogen (secondary N) is 1. The maximum absolute atomic E-state index is 15.0. The van der Waals surface area contributed by atoms with E-state index in [1.807, 2.05) is 49.5 Å². The summed E-state index contributed by atoms with van der Waals surface area (Å²) in [5.74, 6) is -0.349. The fourth-order valence-electron chi connectivity index (χ4n) is 7.32. The number of para-hydroxylation sites is 1. The number of halogens is 1. The first kappa shape index (κ1) is 22.6. The normalized spacial score (nSPS) is 26.6. The first-order valence-electron chi connectivity index (χ1n) is 12.7. The second kappa shape index (κ2) is 7.73. The molecule has 3 heterocycles. The Morgan fingerprint density at radius 3 is 2.62 bits per heavy atom. The van der Waals surface area contributed by atoms with Crippen LogP contribution in [0.2, 0.25) is 5.02 Å². The third kappa shape index (κ3) is 2.81. The molecule has 1 aromatic heterocycles. The molecule has 7 rings (SSSR count). The third-order valence-electron chi connectivity index (χ3n) is 8.91. The fourth-order valence-corrected chi connectivity index (χ4v) is 7.49. The number of pyridine rings is 1. The zero-order chi connectivity index (χ0) is 25.5. The number of Topliss-reactive ketones (excluding diaryl/α,β-unsaturated/α-hetero) is 1. The Morgan fingerprint density at radius 2 is 1.81 bits per heavy atom. The molecule has 0 saturated carbocycles. The fraction of sp³-hybridized carbons (Fsp3) is 0.258. The number of likely N-dealkylation sites (tertiary alicyclic amines) is 1. The van der Waals surface area contributed by atoms with E-state index in [-0.39, 0.29) is 17.6 Å². The highest BCUT2D eigenvalue weighted by atomic mass is 35.5. The second-order valence-electron chi connectivity index (χ2n) is 10.7.